The van der Waals surface area contributed by atoms with Gasteiger partial charge in [-0.2, -0.15) is 10.4 Å². The second-order valence-corrected chi connectivity index (χ2v) is 9.98. The molecule has 6 nitrogen and oxygen atoms in total. The molecule has 198 valence electrons. The second-order valence-electron chi connectivity index (χ2n) is 9.98. The molecule has 2 amide bonds. The quantitative estimate of drug-likeness (QED) is 0.221. The molecule has 0 saturated heterocycles. The minimum atomic E-state index is -0.670. The van der Waals surface area contributed by atoms with Crippen LogP contribution in [0.3, 0.4) is 0 Å². The van der Waals surface area contributed by atoms with Gasteiger partial charge < -0.3 is 0 Å². The summed E-state index contributed by atoms with van der Waals surface area (Å²) in [7, 11) is 0. The highest BCUT2D eigenvalue weighted by atomic mass is 19.1. The van der Waals surface area contributed by atoms with Crippen LogP contribution in [0.25, 0.3) is 23.0 Å². The summed E-state index contributed by atoms with van der Waals surface area (Å²) in [5.74, 6) is -1.61. The molecular formula is C33H27FN4O2. The Morgan fingerprint density at radius 1 is 0.925 bits per heavy atom. The Balaban J connectivity index is 1.69. The average Bonchev–Trinajstić information content (AvgIpc) is 3.33. The Hall–Kier alpha value is -5.09. The number of carbonyl (C=O) groups is 2. The van der Waals surface area contributed by atoms with Crippen molar-refractivity contribution in [1.29, 1.82) is 5.26 Å². The van der Waals surface area contributed by atoms with E-state index in [0.717, 1.165) is 32.8 Å². The van der Waals surface area contributed by atoms with Gasteiger partial charge in [0, 0.05) is 22.9 Å². The summed E-state index contributed by atoms with van der Waals surface area (Å²) >= 11 is 0. The van der Waals surface area contributed by atoms with Gasteiger partial charge in [-0.25, -0.2) is 9.07 Å². The van der Waals surface area contributed by atoms with E-state index in [0.29, 0.717) is 22.4 Å². The first-order valence-corrected chi connectivity index (χ1v) is 12.8. The number of imide groups is 1. The lowest BCUT2D eigenvalue weighted by Crippen LogP contribution is -2.42. The highest BCUT2D eigenvalue weighted by molar-refractivity contribution is 6.19. The number of rotatable bonds is 5. The molecule has 0 unspecified atom stereocenters. The molecule has 0 fully saturated rings. The topological polar surface area (TPSA) is 79.0 Å². The van der Waals surface area contributed by atoms with Gasteiger partial charge in [0.05, 0.1) is 12.2 Å². The summed E-state index contributed by atoms with van der Waals surface area (Å²) in [6.45, 7) is 7.63. The zero-order valence-corrected chi connectivity index (χ0v) is 22.7. The van der Waals surface area contributed by atoms with Gasteiger partial charge in [0.2, 0.25) is 0 Å². The molecule has 5 rings (SSSR count). The molecule has 0 N–H and O–H groups in total. The monoisotopic (exact) mass is 530 g/mol. The van der Waals surface area contributed by atoms with E-state index in [9.17, 15) is 19.2 Å². The van der Waals surface area contributed by atoms with Gasteiger partial charge in [-0.15, -0.1) is 0 Å². The van der Waals surface area contributed by atoms with Crippen molar-refractivity contribution in [2.45, 2.75) is 34.2 Å². The third kappa shape index (κ3) is 4.87. The molecule has 3 aromatic carbocycles. The fourth-order valence-electron chi connectivity index (χ4n) is 5.15. The molecule has 1 aliphatic rings. The third-order valence-electron chi connectivity index (χ3n) is 7.06. The summed E-state index contributed by atoms with van der Waals surface area (Å²) in [5.41, 5.74) is 7.40. The maximum absolute atomic E-state index is 13.8. The van der Waals surface area contributed by atoms with Crippen LogP contribution < -0.4 is 0 Å². The SMILES string of the molecule is CC1=C(C#N)C(=O)N(Cc2ccc(F)cc2)C(=O)/C1=C/c1cn(-c2ccccc2)nc1-c1c(C)cc(C)cc1C. The van der Waals surface area contributed by atoms with Crippen LogP contribution in [0.5, 0.6) is 0 Å². The van der Waals surface area contributed by atoms with Crippen LogP contribution in [0.4, 0.5) is 4.39 Å². The largest absolute Gasteiger partial charge is 0.271 e. The third-order valence-corrected chi connectivity index (χ3v) is 7.06. The number of benzene rings is 3. The van der Waals surface area contributed by atoms with Crippen LogP contribution in [-0.2, 0) is 16.1 Å². The molecular weight excluding hydrogens is 503 g/mol. The molecule has 1 aliphatic heterocycles. The van der Waals surface area contributed by atoms with Crippen LogP contribution in [0, 0.1) is 37.9 Å². The molecule has 40 heavy (non-hydrogen) atoms. The lowest BCUT2D eigenvalue weighted by Gasteiger charge is -2.27. The van der Waals surface area contributed by atoms with Crippen LogP contribution in [0.15, 0.2) is 89.6 Å². The van der Waals surface area contributed by atoms with Gasteiger partial charge >= 0.3 is 0 Å². The minimum Gasteiger partial charge on any atom is -0.269 e. The maximum Gasteiger partial charge on any atom is 0.271 e. The summed E-state index contributed by atoms with van der Waals surface area (Å²) in [4.78, 5) is 28.0. The molecule has 0 aliphatic carbocycles. The van der Waals surface area contributed by atoms with E-state index in [-0.39, 0.29) is 17.7 Å². The number of hydrogen-bond acceptors (Lipinski definition) is 4. The van der Waals surface area contributed by atoms with Crippen molar-refractivity contribution in [3.8, 4) is 23.0 Å². The number of para-hydroxylation sites is 1. The van der Waals surface area contributed by atoms with Crippen LogP contribution in [0.2, 0.25) is 0 Å². The van der Waals surface area contributed by atoms with Gasteiger partial charge in [-0.3, -0.25) is 14.5 Å². The predicted molar refractivity (Wildman–Crippen MR) is 151 cm³/mol. The lowest BCUT2D eigenvalue weighted by atomic mass is 9.91. The lowest BCUT2D eigenvalue weighted by molar-refractivity contribution is -0.141. The molecule has 0 spiro atoms. The van der Waals surface area contributed by atoms with Crippen LogP contribution >= 0.6 is 0 Å². The van der Waals surface area contributed by atoms with E-state index in [1.165, 1.54) is 24.3 Å². The first-order chi connectivity index (χ1) is 19.2. The number of halogens is 1. The van der Waals surface area contributed by atoms with Crippen LogP contribution in [0.1, 0.15) is 34.7 Å². The fraction of sp³-hybridized carbons (Fsp3) is 0.152. The number of nitriles is 1. The molecule has 0 atom stereocenters. The number of nitrogens with zero attached hydrogens (tertiary/aromatic N) is 4. The van der Waals surface area contributed by atoms with E-state index < -0.39 is 17.6 Å². The fourth-order valence-corrected chi connectivity index (χ4v) is 5.15. The van der Waals surface area contributed by atoms with Crippen molar-refractivity contribution < 1.29 is 14.0 Å². The Morgan fingerprint density at radius 2 is 1.57 bits per heavy atom. The summed E-state index contributed by atoms with van der Waals surface area (Å²) in [6, 6.07) is 21.4. The molecule has 4 aromatic rings. The van der Waals surface area contributed by atoms with Gasteiger partial charge in [0.25, 0.3) is 11.8 Å². The van der Waals surface area contributed by atoms with Crippen LogP contribution in [-0.4, -0.2) is 26.5 Å². The first-order valence-electron chi connectivity index (χ1n) is 12.8. The molecule has 0 saturated carbocycles. The first kappa shape index (κ1) is 26.5. The van der Waals surface area contributed by atoms with Gasteiger partial charge in [-0.1, -0.05) is 48.0 Å². The number of aromatic nitrogens is 2. The summed E-state index contributed by atoms with van der Waals surface area (Å²) in [5, 5.41) is 14.8. The number of amides is 2. The Morgan fingerprint density at radius 3 is 2.20 bits per heavy atom. The highest BCUT2D eigenvalue weighted by Gasteiger charge is 2.36. The van der Waals surface area contributed by atoms with Crippen molar-refractivity contribution in [2.75, 3.05) is 0 Å². The molecule has 0 bridgehead atoms. The molecule has 0 radical (unpaired) electrons. The van der Waals surface area contributed by atoms with Crippen molar-refractivity contribution in [2.24, 2.45) is 0 Å². The van der Waals surface area contributed by atoms with Crippen molar-refractivity contribution in [1.82, 2.24) is 14.7 Å². The summed E-state index contributed by atoms with van der Waals surface area (Å²) < 4.78 is 15.2. The molecule has 7 heteroatoms. The Kier molecular flexibility index (Phi) is 7.02. The smallest absolute Gasteiger partial charge is 0.269 e. The second kappa shape index (κ2) is 10.6. The molecule has 2 heterocycles. The average molecular weight is 531 g/mol. The Labute approximate surface area is 232 Å². The van der Waals surface area contributed by atoms with Crippen molar-refractivity contribution >= 4 is 17.9 Å². The van der Waals surface area contributed by atoms with E-state index in [1.54, 1.807) is 17.7 Å². The number of aryl methyl sites for hydroxylation is 3. The van der Waals surface area contributed by atoms with Crippen molar-refractivity contribution in [3.63, 3.8) is 0 Å². The highest BCUT2D eigenvalue weighted by Crippen LogP contribution is 2.34. The zero-order valence-electron chi connectivity index (χ0n) is 22.7. The molecule has 1 aromatic heterocycles. The standard InChI is InChI=1S/C33H27FN4O2/c1-20-14-21(2)30(22(3)15-20)31-25(19-38(36-31)27-8-6-5-7-9-27)16-28-23(4)29(17-35)33(40)37(32(28)39)18-24-10-12-26(34)13-11-24/h5-16,19H,18H2,1-4H3/b28-16+. The van der Waals surface area contributed by atoms with Gasteiger partial charge in [-0.05, 0) is 80.3 Å². The van der Waals surface area contributed by atoms with Crippen molar-refractivity contribution in [3.05, 3.63) is 123 Å². The number of hydrogen-bond donors (Lipinski definition) is 0. The van der Waals surface area contributed by atoms with E-state index >= 15 is 0 Å². The maximum atomic E-state index is 13.8. The van der Waals surface area contributed by atoms with E-state index in [2.05, 4.69) is 12.1 Å². The van der Waals surface area contributed by atoms with Gasteiger partial charge in [0.1, 0.15) is 23.2 Å². The van der Waals surface area contributed by atoms with E-state index in [1.807, 2.05) is 63.4 Å². The Bertz CT molecular complexity index is 1730. The minimum absolute atomic E-state index is 0.0833. The predicted octanol–water partition coefficient (Wildman–Crippen LogP) is 6.40. The normalized spacial score (nSPS) is 14.7. The number of carbonyl (C=O) groups excluding carboxylic acids is 2. The van der Waals surface area contributed by atoms with Gasteiger partial charge in [0.15, 0.2) is 0 Å². The zero-order chi connectivity index (χ0) is 28.6. The summed E-state index contributed by atoms with van der Waals surface area (Å²) in [6.07, 6.45) is 3.56. The van der Waals surface area contributed by atoms with E-state index in [4.69, 9.17) is 5.10 Å².